The van der Waals surface area contributed by atoms with Gasteiger partial charge in [-0.15, -0.1) is 0 Å². The molecule has 0 heterocycles. The quantitative estimate of drug-likeness (QED) is 0.0342. The van der Waals surface area contributed by atoms with Crippen LogP contribution in [-0.4, -0.2) is 157 Å². The number of carboxylic acids is 1. The molecule has 2 unspecified atom stereocenters. The first kappa shape index (κ1) is 57.7. The van der Waals surface area contributed by atoms with Gasteiger partial charge in [-0.1, -0.05) is 58.1 Å². The van der Waals surface area contributed by atoms with E-state index < -0.39 is 73.4 Å². The lowest BCUT2D eigenvalue weighted by Gasteiger charge is -2.21. The fraction of sp³-hybridized carbons (Fsp3) is 0.682. The van der Waals surface area contributed by atoms with Crippen LogP contribution in [0.15, 0.2) is 24.3 Å². The van der Waals surface area contributed by atoms with Crippen molar-refractivity contribution in [3.05, 3.63) is 29.8 Å². The number of hydrogen-bond acceptors (Lipinski definition) is 15. The maximum absolute atomic E-state index is 12.9. The second kappa shape index (κ2) is 35.7. The van der Waals surface area contributed by atoms with Gasteiger partial charge < -0.3 is 75.9 Å². The molecule has 67 heavy (non-hydrogen) atoms. The molecule has 23 heteroatoms. The monoisotopic (exact) mass is 953 g/mol. The second-order valence-electron chi connectivity index (χ2n) is 15.8. The molecule has 2 rings (SSSR count). The molecule has 23 nitrogen and oxygen atoms in total. The van der Waals surface area contributed by atoms with Crippen LogP contribution >= 0.6 is 0 Å². The van der Waals surface area contributed by atoms with E-state index in [1.165, 1.54) is 31.4 Å². The summed E-state index contributed by atoms with van der Waals surface area (Å²) in [5.74, 6) is -4.62. The van der Waals surface area contributed by atoms with Crippen LogP contribution in [0.4, 0.5) is 10.5 Å². The molecule has 1 aromatic carbocycles. The predicted octanol–water partition coefficient (Wildman–Crippen LogP) is 0.620. The number of anilines is 1. The first-order valence-corrected chi connectivity index (χ1v) is 22.7. The zero-order valence-corrected chi connectivity index (χ0v) is 38.7. The fourth-order valence-electron chi connectivity index (χ4n) is 6.23. The Kier molecular flexibility index (Phi) is 30.7. The molecule has 0 spiro atoms. The lowest BCUT2D eigenvalue weighted by atomic mass is 9.99. The average Bonchev–Trinajstić information content (AvgIpc) is 3.27. The number of benzene rings is 1. The van der Waals surface area contributed by atoms with Gasteiger partial charge in [-0.25, -0.2) is 4.79 Å². The number of nitrogens with two attached hydrogens (primary N) is 1. The van der Waals surface area contributed by atoms with Crippen LogP contribution in [0.25, 0.3) is 0 Å². The van der Waals surface area contributed by atoms with E-state index in [1.54, 1.807) is 26.0 Å². The molecule has 9 N–H and O–H groups in total. The van der Waals surface area contributed by atoms with Gasteiger partial charge in [-0.2, -0.15) is 0 Å². The first-order chi connectivity index (χ1) is 32.2. The van der Waals surface area contributed by atoms with Crippen LogP contribution in [0.1, 0.15) is 83.6 Å². The van der Waals surface area contributed by atoms with Crippen molar-refractivity contribution in [2.24, 2.45) is 11.7 Å². The van der Waals surface area contributed by atoms with Gasteiger partial charge in [0, 0.05) is 25.1 Å². The highest BCUT2D eigenvalue weighted by Gasteiger charge is 2.25. The Hall–Kier alpha value is -5.46. The van der Waals surface area contributed by atoms with Gasteiger partial charge in [0.1, 0.15) is 38.6 Å². The number of amides is 7. The van der Waals surface area contributed by atoms with Crippen molar-refractivity contribution in [1.29, 1.82) is 0 Å². The Morgan fingerprint density at radius 3 is 1.90 bits per heavy atom. The highest BCUT2D eigenvalue weighted by Crippen LogP contribution is 2.19. The molecule has 0 radical (unpaired) electrons. The van der Waals surface area contributed by atoms with Gasteiger partial charge in [0.2, 0.25) is 35.4 Å². The first-order valence-electron chi connectivity index (χ1n) is 22.7. The van der Waals surface area contributed by atoms with Crippen LogP contribution in [0.2, 0.25) is 0 Å². The normalized spacial score (nSPS) is 13.8. The Bertz CT molecular complexity index is 1640. The molecule has 1 aliphatic carbocycles. The summed E-state index contributed by atoms with van der Waals surface area (Å²) in [6, 6.07) is 4.02. The average molecular weight is 954 g/mol. The van der Waals surface area contributed by atoms with E-state index >= 15 is 0 Å². The zero-order chi connectivity index (χ0) is 49.1. The van der Waals surface area contributed by atoms with Gasteiger partial charge in [-0.3, -0.25) is 33.6 Å². The van der Waals surface area contributed by atoms with Gasteiger partial charge >= 0.3 is 12.1 Å². The Morgan fingerprint density at radius 1 is 0.672 bits per heavy atom. The van der Waals surface area contributed by atoms with Crippen molar-refractivity contribution in [2.45, 2.75) is 103 Å². The van der Waals surface area contributed by atoms with E-state index in [2.05, 4.69) is 31.9 Å². The molecule has 7 amide bonds. The molecular formula is C44H71N7O16. The minimum atomic E-state index is -1.27. The lowest BCUT2D eigenvalue weighted by molar-refractivity contribution is -0.137. The van der Waals surface area contributed by atoms with Crippen molar-refractivity contribution < 1.29 is 76.6 Å². The molecule has 0 aromatic heterocycles. The van der Waals surface area contributed by atoms with E-state index in [0.29, 0.717) is 57.4 Å². The summed E-state index contributed by atoms with van der Waals surface area (Å²) < 4.78 is 37.7. The van der Waals surface area contributed by atoms with Gasteiger partial charge in [0.15, 0.2) is 0 Å². The van der Waals surface area contributed by atoms with Crippen LogP contribution in [0.3, 0.4) is 0 Å². The summed E-state index contributed by atoms with van der Waals surface area (Å²) in [4.78, 5) is 96.7. The molecule has 1 fully saturated rings. The number of aliphatic carboxylic acids is 1. The smallest absolute Gasteiger partial charge is 0.408 e. The van der Waals surface area contributed by atoms with Crippen molar-refractivity contribution in [1.82, 2.24) is 26.6 Å². The Balaban J connectivity index is 1.53. The maximum Gasteiger partial charge on any atom is 0.408 e. The summed E-state index contributed by atoms with van der Waals surface area (Å²) in [7, 11) is 0. The van der Waals surface area contributed by atoms with Crippen molar-refractivity contribution >= 4 is 53.2 Å². The Morgan fingerprint density at radius 2 is 1.28 bits per heavy atom. The highest BCUT2D eigenvalue weighted by molar-refractivity contribution is 5.96. The topological polar surface area (TPSA) is 320 Å². The number of hydrogen-bond donors (Lipinski definition) is 8. The molecular weight excluding hydrogens is 883 g/mol. The Labute approximate surface area is 391 Å². The molecule has 1 saturated carbocycles. The summed E-state index contributed by atoms with van der Waals surface area (Å²) in [5, 5.41) is 24.2. The van der Waals surface area contributed by atoms with Crippen LogP contribution in [-0.2, 0) is 73.3 Å². The molecule has 0 aliphatic heterocycles. The van der Waals surface area contributed by atoms with Crippen LogP contribution in [0.5, 0.6) is 0 Å². The van der Waals surface area contributed by atoms with Crippen LogP contribution in [0, 0.1) is 5.92 Å². The van der Waals surface area contributed by atoms with Crippen molar-refractivity contribution in [3.63, 3.8) is 0 Å². The molecule has 1 aromatic rings. The third-order valence-electron chi connectivity index (χ3n) is 9.81. The largest absolute Gasteiger partial charge is 0.481 e. The number of carboxylic acid groups (broad SMARTS) is 1. The number of nitrogens with one attached hydrogen (secondary N) is 6. The standard InChI is InChI=1S/C44H71N7O16/c1-31(2)41(51-37(53)16-18-61-20-22-63-24-25-64-23-21-62-19-17-46-39(55)29-66-34-8-6-4-3-5-7-9-34)43(59)47-26-38(54)49-33-12-10-32(11-13-33)27-67-44(60)50-35(14-15-40(56)57)42(58)48-30-65-28-36(45)52/h10-13,31,34-35,41H,3-9,14-30H2,1-2H3,(H2,45,52)(H,46,55)(H,47,59)(H,48,58)(H,49,54)(H,50,60)(H,51,53)(H,56,57). The molecule has 0 bridgehead atoms. The van der Waals surface area contributed by atoms with Gasteiger partial charge in [0.05, 0.1) is 65.5 Å². The number of primary amides is 1. The molecule has 0 saturated heterocycles. The molecule has 1 aliphatic rings. The highest BCUT2D eigenvalue weighted by atomic mass is 16.6. The maximum atomic E-state index is 12.9. The fourth-order valence-corrected chi connectivity index (χ4v) is 6.23. The number of carbonyl (C=O) groups is 8. The van der Waals surface area contributed by atoms with E-state index in [-0.39, 0.29) is 63.7 Å². The molecule has 378 valence electrons. The van der Waals surface area contributed by atoms with Crippen molar-refractivity contribution in [3.8, 4) is 0 Å². The summed E-state index contributed by atoms with van der Waals surface area (Å²) in [5.41, 5.74) is 5.85. The summed E-state index contributed by atoms with van der Waals surface area (Å²) in [6.07, 6.45) is 6.60. The van der Waals surface area contributed by atoms with E-state index in [9.17, 15) is 38.4 Å². The lowest BCUT2D eigenvalue weighted by Crippen LogP contribution is -2.51. The van der Waals surface area contributed by atoms with E-state index in [0.717, 1.165) is 25.7 Å². The number of rotatable bonds is 35. The van der Waals surface area contributed by atoms with Crippen molar-refractivity contribution in [2.75, 3.05) is 91.2 Å². The van der Waals surface area contributed by atoms with Gasteiger partial charge in [-0.05, 0) is 42.9 Å². The second-order valence-corrected chi connectivity index (χ2v) is 15.8. The SMILES string of the molecule is CC(C)C(NC(=O)CCOCCOCCOCCOCCNC(=O)COC1CCCCCCC1)C(=O)NCC(=O)Nc1ccc(COC(=O)NC(CCC(=O)O)C(=O)NCOCC(N)=O)cc1. The summed E-state index contributed by atoms with van der Waals surface area (Å²) in [6.45, 7) is 5.03. The molecule has 2 atom stereocenters. The van der Waals surface area contributed by atoms with E-state index in [1.807, 2.05) is 0 Å². The minimum absolute atomic E-state index is 0.00480. The number of carbonyl (C=O) groups excluding carboxylic acids is 7. The zero-order valence-electron chi connectivity index (χ0n) is 38.7. The third kappa shape index (κ3) is 29.7. The predicted molar refractivity (Wildman–Crippen MR) is 240 cm³/mol. The van der Waals surface area contributed by atoms with Gasteiger partial charge in [0.25, 0.3) is 0 Å². The minimum Gasteiger partial charge on any atom is -0.481 e. The summed E-state index contributed by atoms with van der Waals surface area (Å²) >= 11 is 0. The number of ether oxygens (including phenoxy) is 7. The van der Waals surface area contributed by atoms with E-state index in [4.69, 9.17) is 44.0 Å². The third-order valence-corrected chi connectivity index (χ3v) is 9.81. The number of alkyl carbamates (subject to hydrolysis) is 1. The van der Waals surface area contributed by atoms with Crippen LogP contribution < -0.4 is 37.6 Å².